The van der Waals surface area contributed by atoms with Gasteiger partial charge in [0.2, 0.25) is 5.91 Å². The van der Waals surface area contributed by atoms with Crippen molar-refractivity contribution in [1.29, 1.82) is 0 Å². The van der Waals surface area contributed by atoms with E-state index < -0.39 is 6.04 Å². The summed E-state index contributed by atoms with van der Waals surface area (Å²) in [5.74, 6) is 0.612. The fourth-order valence-electron chi connectivity index (χ4n) is 3.68. The van der Waals surface area contributed by atoms with E-state index >= 15 is 0 Å². The third-order valence-electron chi connectivity index (χ3n) is 5.62. The number of nitrogens with zero attached hydrogens (tertiary/aromatic N) is 1. The van der Waals surface area contributed by atoms with Gasteiger partial charge in [0.25, 0.3) is 5.91 Å². The van der Waals surface area contributed by atoms with Gasteiger partial charge in [-0.2, -0.15) is 0 Å². The molecule has 0 radical (unpaired) electrons. The first kappa shape index (κ1) is 24.1. The predicted molar refractivity (Wildman–Crippen MR) is 131 cm³/mol. The summed E-state index contributed by atoms with van der Waals surface area (Å²) in [6.07, 6.45) is 0.419. The predicted octanol–water partition coefficient (Wildman–Crippen LogP) is 4.57. The maximum atomic E-state index is 13.4. The first-order chi connectivity index (χ1) is 16.0. The number of nitrogens with one attached hydrogen (secondary N) is 1. The molecule has 0 aliphatic heterocycles. The number of carbonyl (C=O) groups is 2. The van der Waals surface area contributed by atoms with E-state index in [-0.39, 0.29) is 18.4 Å². The van der Waals surface area contributed by atoms with Gasteiger partial charge in [0, 0.05) is 20.0 Å². The molecule has 5 heteroatoms. The second-order valence-corrected chi connectivity index (χ2v) is 8.34. The van der Waals surface area contributed by atoms with Crippen LogP contribution in [0.3, 0.4) is 0 Å². The summed E-state index contributed by atoms with van der Waals surface area (Å²) in [5.41, 5.74) is 3.15. The summed E-state index contributed by atoms with van der Waals surface area (Å²) in [4.78, 5) is 27.9. The van der Waals surface area contributed by atoms with Crippen LogP contribution in [0.15, 0.2) is 84.9 Å². The van der Waals surface area contributed by atoms with Gasteiger partial charge in [-0.1, -0.05) is 86.6 Å². The van der Waals surface area contributed by atoms with Gasteiger partial charge in [-0.15, -0.1) is 0 Å². The Kier molecular flexibility index (Phi) is 8.64. The number of rotatable bonds is 10. The first-order valence-corrected chi connectivity index (χ1v) is 11.3. The van der Waals surface area contributed by atoms with Crippen molar-refractivity contribution in [3.05, 3.63) is 102 Å². The van der Waals surface area contributed by atoms with Crippen molar-refractivity contribution >= 4 is 11.8 Å². The average molecular weight is 445 g/mol. The highest BCUT2D eigenvalue weighted by Gasteiger charge is 2.30. The van der Waals surface area contributed by atoms with E-state index in [0.29, 0.717) is 24.6 Å². The molecule has 3 aromatic carbocycles. The second-order valence-electron chi connectivity index (χ2n) is 8.34. The van der Waals surface area contributed by atoms with Crippen LogP contribution < -0.4 is 10.1 Å². The van der Waals surface area contributed by atoms with Crippen LogP contribution in [0.5, 0.6) is 5.75 Å². The third kappa shape index (κ3) is 6.94. The van der Waals surface area contributed by atoms with Gasteiger partial charge in [0.05, 0.1) is 0 Å². The number of hydrogen-bond donors (Lipinski definition) is 1. The Labute approximate surface area is 196 Å². The molecule has 172 valence electrons. The van der Waals surface area contributed by atoms with E-state index in [4.69, 9.17) is 4.74 Å². The summed E-state index contributed by atoms with van der Waals surface area (Å²) in [5, 5.41) is 2.72. The minimum absolute atomic E-state index is 0.143. The zero-order valence-electron chi connectivity index (χ0n) is 19.5. The molecule has 5 nitrogen and oxygen atoms in total. The summed E-state index contributed by atoms with van der Waals surface area (Å²) < 4.78 is 5.81. The third-order valence-corrected chi connectivity index (χ3v) is 5.62. The Morgan fingerprint density at radius 2 is 1.42 bits per heavy atom. The topological polar surface area (TPSA) is 58.6 Å². The lowest BCUT2D eigenvalue weighted by molar-refractivity contribution is -0.142. The molecule has 0 aliphatic carbocycles. The minimum atomic E-state index is -0.656. The summed E-state index contributed by atoms with van der Waals surface area (Å²) in [6, 6.07) is 26.5. The molecule has 0 saturated heterocycles. The van der Waals surface area contributed by atoms with Crippen LogP contribution in [0.4, 0.5) is 0 Å². The molecule has 0 heterocycles. The van der Waals surface area contributed by atoms with Crippen LogP contribution in [0.25, 0.3) is 0 Å². The van der Waals surface area contributed by atoms with Crippen molar-refractivity contribution in [2.24, 2.45) is 0 Å². The molecule has 2 amide bonds. The zero-order chi connectivity index (χ0) is 23.6. The Hall–Kier alpha value is -3.60. The van der Waals surface area contributed by atoms with Gasteiger partial charge in [0.1, 0.15) is 11.8 Å². The van der Waals surface area contributed by atoms with Crippen LogP contribution in [-0.2, 0) is 22.6 Å². The number of ether oxygens (including phenoxy) is 1. The molecule has 1 atom stereocenters. The summed E-state index contributed by atoms with van der Waals surface area (Å²) >= 11 is 0. The Balaban J connectivity index is 1.81. The van der Waals surface area contributed by atoms with Gasteiger partial charge in [-0.3, -0.25) is 9.59 Å². The highest BCUT2D eigenvalue weighted by Crippen LogP contribution is 2.19. The monoisotopic (exact) mass is 444 g/mol. The van der Waals surface area contributed by atoms with E-state index in [1.807, 2.05) is 84.9 Å². The summed E-state index contributed by atoms with van der Waals surface area (Å²) in [6.45, 7) is 4.44. The van der Waals surface area contributed by atoms with Gasteiger partial charge < -0.3 is 15.0 Å². The molecule has 0 aromatic heterocycles. The molecule has 0 bridgehead atoms. The molecular formula is C28H32N2O3. The lowest BCUT2D eigenvalue weighted by Gasteiger charge is -2.31. The molecule has 0 spiro atoms. The van der Waals surface area contributed by atoms with E-state index in [9.17, 15) is 9.59 Å². The fourth-order valence-corrected chi connectivity index (χ4v) is 3.68. The maximum absolute atomic E-state index is 13.4. The van der Waals surface area contributed by atoms with E-state index in [1.54, 1.807) is 11.9 Å². The number of amides is 2. The van der Waals surface area contributed by atoms with Crippen LogP contribution in [-0.4, -0.2) is 36.4 Å². The molecule has 0 unspecified atom stereocenters. The van der Waals surface area contributed by atoms with Crippen molar-refractivity contribution in [1.82, 2.24) is 10.2 Å². The van der Waals surface area contributed by atoms with Crippen molar-refractivity contribution < 1.29 is 14.3 Å². The van der Waals surface area contributed by atoms with Crippen molar-refractivity contribution in [2.45, 2.75) is 38.8 Å². The van der Waals surface area contributed by atoms with E-state index in [2.05, 4.69) is 19.2 Å². The molecule has 0 aliphatic rings. The molecule has 1 N–H and O–H groups in total. The fraction of sp³-hybridized carbons (Fsp3) is 0.286. The number of carbonyl (C=O) groups excluding carboxylic acids is 2. The zero-order valence-corrected chi connectivity index (χ0v) is 19.5. The van der Waals surface area contributed by atoms with Crippen LogP contribution in [0.1, 0.15) is 36.5 Å². The molecule has 0 fully saturated rings. The lowest BCUT2D eigenvalue weighted by Crippen LogP contribution is -2.51. The SMILES string of the molecule is CNC(=O)[C@H](Cc1ccccc1)N(Cc1ccccc1)C(=O)COc1ccc(C(C)C)cc1. The van der Waals surface area contributed by atoms with E-state index in [0.717, 1.165) is 11.1 Å². The van der Waals surface area contributed by atoms with Crippen LogP contribution >= 0.6 is 0 Å². The lowest BCUT2D eigenvalue weighted by atomic mass is 10.0. The Morgan fingerprint density at radius 1 is 0.848 bits per heavy atom. The quantitative estimate of drug-likeness (QED) is 0.498. The second kappa shape index (κ2) is 11.9. The number of benzene rings is 3. The minimum Gasteiger partial charge on any atom is -0.484 e. The normalized spacial score (nSPS) is 11.6. The average Bonchev–Trinajstić information content (AvgIpc) is 2.85. The van der Waals surface area contributed by atoms with Gasteiger partial charge in [0.15, 0.2) is 6.61 Å². The number of hydrogen-bond acceptors (Lipinski definition) is 3. The smallest absolute Gasteiger partial charge is 0.261 e. The van der Waals surface area contributed by atoms with Gasteiger partial charge in [-0.05, 0) is 34.7 Å². The number of likely N-dealkylation sites (N-methyl/N-ethyl adjacent to an activating group) is 1. The van der Waals surface area contributed by atoms with Crippen molar-refractivity contribution in [2.75, 3.05) is 13.7 Å². The maximum Gasteiger partial charge on any atom is 0.261 e. The highest BCUT2D eigenvalue weighted by molar-refractivity contribution is 5.88. The van der Waals surface area contributed by atoms with Gasteiger partial charge in [-0.25, -0.2) is 0 Å². The van der Waals surface area contributed by atoms with Crippen LogP contribution in [0, 0.1) is 0 Å². The standard InChI is InChI=1S/C28H32N2O3/c1-21(2)24-14-16-25(17-15-24)33-20-27(31)30(19-23-12-8-5-9-13-23)26(28(32)29-3)18-22-10-6-4-7-11-22/h4-17,21,26H,18-20H2,1-3H3,(H,29,32)/t26-/m0/s1. The molecule has 3 rings (SSSR count). The highest BCUT2D eigenvalue weighted by atomic mass is 16.5. The van der Waals surface area contributed by atoms with E-state index in [1.165, 1.54) is 5.56 Å². The van der Waals surface area contributed by atoms with Gasteiger partial charge >= 0.3 is 0 Å². The van der Waals surface area contributed by atoms with Crippen molar-refractivity contribution in [3.63, 3.8) is 0 Å². The Morgan fingerprint density at radius 3 is 1.97 bits per heavy atom. The van der Waals surface area contributed by atoms with Crippen molar-refractivity contribution in [3.8, 4) is 5.75 Å². The molecular weight excluding hydrogens is 412 g/mol. The molecule has 3 aromatic rings. The molecule has 33 heavy (non-hydrogen) atoms. The van der Waals surface area contributed by atoms with Crippen LogP contribution in [0.2, 0.25) is 0 Å². The Bertz CT molecular complexity index is 1020. The first-order valence-electron chi connectivity index (χ1n) is 11.3. The molecule has 0 saturated carbocycles. The summed E-state index contributed by atoms with van der Waals surface area (Å²) in [7, 11) is 1.60. The largest absolute Gasteiger partial charge is 0.484 e.